The van der Waals surface area contributed by atoms with Crippen LogP contribution in [-0.4, -0.2) is 29.4 Å². The van der Waals surface area contributed by atoms with Crippen molar-refractivity contribution in [1.82, 2.24) is 0 Å². The van der Waals surface area contributed by atoms with Gasteiger partial charge in [-0.05, 0) is 12.1 Å². The molecule has 0 saturated carbocycles. The summed E-state index contributed by atoms with van der Waals surface area (Å²) in [6, 6.07) is 4.90. The molecule has 0 aliphatic heterocycles. The number of ether oxygens (including phenoxy) is 1. The van der Waals surface area contributed by atoms with Crippen molar-refractivity contribution >= 4 is 27.6 Å². The van der Waals surface area contributed by atoms with Gasteiger partial charge in [0.25, 0.3) is 0 Å². The van der Waals surface area contributed by atoms with Crippen LogP contribution in [0.2, 0.25) is 0 Å². The fourth-order valence-corrected chi connectivity index (χ4v) is 1.77. The SMILES string of the molecule is COC(=O)CC(O)C(O)c1ccc(Br)cc1N. The van der Waals surface area contributed by atoms with Crippen molar-refractivity contribution in [3.8, 4) is 0 Å². The molecule has 17 heavy (non-hydrogen) atoms. The molecule has 2 atom stereocenters. The van der Waals surface area contributed by atoms with Crippen molar-refractivity contribution in [2.45, 2.75) is 18.6 Å². The highest BCUT2D eigenvalue weighted by atomic mass is 79.9. The molecule has 1 aromatic carbocycles. The average molecular weight is 304 g/mol. The fourth-order valence-electron chi connectivity index (χ4n) is 1.39. The normalized spacial score (nSPS) is 14.1. The molecule has 0 radical (unpaired) electrons. The number of aliphatic hydroxyl groups excluding tert-OH is 2. The Morgan fingerprint density at radius 1 is 1.53 bits per heavy atom. The number of rotatable bonds is 4. The van der Waals surface area contributed by atoms with Gasteiger partial charge in [-0.25, -0.2) is 0 Å². The standard InChI is InChI=1S/C11H14BrNO4/c1-17-10(15)5-9(14)11(16)7-3-2-6(12)4-8(7)13/h2-4,9,11,14,16H,5,13H2,1H3. The molecule has 0 saturated heterocycles. The third kappa shape index (κ3) is 3.69. The zero-order valence-corrected chi connectivity index (χ0v) is 10.8. The Labute approximate surface area is 107 Å². The van der Waals surface area contributed by atoms with Gasteiger partial charge in [0.15, 0.2) is 0 Å². The van der Waals surface area contributed by atoms with E-state index in [0.29, 0.717) is 11.3 Å². The minimum atomic E-state index is -1.24. The number of hydrogen-bond acceptors (Lipinski definition) is 5. The van der Waals surface area contributed by atoms with Gasteiger partial charge >= 0.3 is 5.97 Å². The average Bonchev–Trinajstić information content (AvgIpc) is 2.28. The molecule has 1 aromatic rings. The Hall–Kier alpha value is -1.11. The third-order valence-corrected chi connectivity index (χ3v) is 2.83. The highest BCUT2D eigenvalue weighted by Gasteiger charge is 2.23. The highest BCUT2D eigenvalue weighted by Crippen LogP contribution is 2.27. The molecule has 0 heterocycles. The van der Waals surface area contributed by atoms with Crippen molar-refractivity contribution < 1.29 is 19.7 Å². The second kappa shape index (κ2) is 6.00. The molecule has 0 fully saturated rings. The first kappa shape index (κ1) is 14.0. The number of carbonyl (C=O) groups excluding carboxylic acids is 1. The molecule has 1 rings (SSSR count). The highest BCUT2D eigenvalue weighted by molar-refractivity contribution is 9.10. The zero-order chi connectivity index (χ0) is 13.0. The quantitative estimate of drug-likeness (QED) is 0.570. The number of nitrogen functional groups attached to an aromatic ring is 1. The predicted octanol–water partition coefficient (Wildman–Crippen LogP) is 0.989. The number of methoxy groups -OCH3 is 1. The van der Waals surface area contributed by atoms with Gasteiger partial charge in [-0.3, -0.25) is 4.79 Å². The van der Waals surface area contributed by atoms with Crippen LogP contribution in [0, 0.1) is 0 Å². The van der Waals surface area contributed by atoms with Gasteiger partial charge in [-0.1, -0.05) is 22.0 Å². The van der Waals surface area contributed by atoms with E-state index in [4.69, 9.17) is 5.73 Å². The Kier molecular flexibility index (Phi) is 4.92. The number of esters is 1. The van der Waals surface area contributed by atoms with Crippen LogP contribution in [0.25, 0.3) is 0 Å². The van der Waals surface area contributed by atoms with Crippen molar-refractivity contribution in [1.29, 1.82) is 0 Å². The van der Waals surface area contributed by atoms with Crippen LogP contribution < -0.4 is 5.73 Å². The van der Waals surface area contributed by atoms with E-state index in [1.165, 1.54) is 7.11 Å². The van der Waals surface area contributed by atoms with Crippen LogP contribution >= 0.6 is 15.9 Å². The number of anilines is 1. The largest absolute Gasteiger partial charge is 0.469 e. The van der Waals surface area contributed by atoms with Crippen molar-refractivity contribution in [3.05, 3.63) is 28.2 Å². The third-order valence-electron chi connectivity index (χ3n) is 2.34. The summed E-state index contributed by atoms with van der Waals surface area (Å²) in [5, 5.41) is 19.5. The Balaban J connectivity index is 2.81. The number of hydrogen-bond donors (Lipinski definition) is 3. The number of carbonyl (C=O) groups is 1. The lowest BCUT2D eigenvalue weighted by molar-refractivity contribution is -0.144. The van der Waals surface area contributed by atoms with Gasteiger partial charge in [-0.2, -0.15) is 0 Å². The van der Waals surface area contributed by atoms with Crippen LogP contribution in [0.3, 0.4) is 0 Å². The zero-order valence-electron chi connectivity index (χ0n) is 9.26. The van der Waals surface area contributed by atoms with Gasteiger partial charge in [0.2, 0.25) is 0 Å². The number of benzene rings is 1. The summed E-state index contributed by atoms with van der Waals surface area (Å²) in [7, 11) is 1.22. The molecule has 2 unspecified atom stereocenters. The first-order valence-electron chi connectivity index (χ1n) is 4.93. The summed E-state index contributed by atoms with van der Waals surface area (Å²) >= 11 is 3.24. The molecule has 4 N–H and O–H groups in total. The molecule has 0 bridgehead atoms. The van der Waals surface area contributed by atoms with E-state index in [0.717, 1.165) is 4.47 Å². The summed E-state index contributed by atoms with van der Waals surface area (Å²) in [6.45, 7) is 0. The minimum Gasteiger partial charge on any atom is -0.469 e. The van der Waals surface area contributed by atoms with Gasteiger partial charge < -0.3 is 20.7 Å². The van der Waals surface area contributed by atoms with Gasteiger partial charge in [0, 0.05) is 15.7 Å². The Bertz CT molecular complexity index is 410. The van der Waals surface area contributed by atoms with Crippen LogP contribution in [0.1, 0.15) is 18.1 Å². The van der Waals surface area contributed by atoms with E-state index in [1.807, 2.05) is 0 Å². The molecule has 0 aliphatic rings. The number of aliphatic hydroxyl groups is 2. The van der Waals surface area contributed by atoms with Crippen molar-refractivity contribution in [2.24, 2.45) is 0 Å². The van der Waals surface area contributed by atoms with E-state index in [1.54, 1.807) is 18.2 Å². The first-order valence-corrected chi connectivity index (χ1v) is 5.73. The van der Waals surface area contributed by atoms with Crippen molar-refractivity contribution in [2.75, 3.05) is 12.8 Å². The van der Waals surface area contributed by atoms with Crippen LogP contribution in [-0.2, 0) is 9.53 Å². The van der Waals surface area contributed by atoms with E-state index >= 15 is 0 Å². The van der Waals surface area contributed by atoms with E-state index in [2.05, 4.69) is 20.7 Å². The lowest BCUT2D eigenvalue weighted by Crippen LogP contribution is -2.23. The van der Waals surface area contributed by atoms with Gasteiger partial charge in [0.1, 0.15) is 6.10 Å². The topological polar surface area (TPSA) is 92.8 Å². The summed E-state index contributed by atoms with van der Waals surface area (Å²) in [5.74, 6) is -0.591. The second-order valence-electron chi connectivity index (χ2n) is 3.57. The van der Waals surface area contributed by atoms with E-state index < -0.39 is 18.2 Å². The smallest absolute Gasteiger partial charge is 0.308 e. The second-order valence-corrected chi connectivity index (χ2v) is 4.48. The molecule has 0 aromatic heterocycles. The van der Waals surface area contributed by atoms with Crippen LogP contribution in [0.15, 0.2) is 22.7 Å². The minimum absolute atomic E-state index is 0.285. The lowest BCUT2D eigenvalue weighted by atomic mass is 10.0. The molecule has 94 valence electrons. The summed E-state index contributed by atoms with van der Waals surface area (Å²) in [5.41, 5.74) is 6.43. The summed E-state index contributed by atoms with van der Waals surface area (Å²) in [4.78, 5) is 11.0. The Morgan fingerprint density at radius 3 is 2.71 bits per heavy atom. The van der Waals surface area contributed by atoms with E-state index in [-0.39, 0.29) is 6.42 Å². The molecule has 0 amide bonds. The maximum atomic E-state index is 11.0. The lowest BCUT2D eigenvalue weighted by Gasteiger charge is -2.18. The molecular weight excluding hydrogens is 290 g/mol. The molecule has 0 aliphatic carbocycles. The summed E-state index contributed by atoms with van der Waals surface area (Å²) < 4.78 is 5.18. The first-order chi connectivity index (χ1) is 7.95. The number of halogens is 1. The van der Waals surface area contributed by atoms with E-state index in [9.17, 15) is 15.0 Å². The molecule has 5 nitrogen and oxygen atoms in total. The monoisotopic (exact) mass is 303 g/mol. The predicted molar refractivity (Wildman–Crippen MR) is 66.2 cm³/mol. The molecular formula is C11H14BrNO4. The Morgan fingerprint density at radius 2 is 2.18 bits per heavy atom. The van der Waals surface area contributed by atoms with Crippen LogP contribution in [0.4, 0.5) is 5.69 Å². The van der Waals surface area contributed by atoms with Gasteiger partial charge in [-0.15, -0.1) is 0 Å². The van der Waals surface area contributed by atoms with Crippen LogP contribution in [0.5, 0.6) is 0 Å². The van der Waals surface area contributed by atoms with Crippen molar-refractivity contribution in [3.63, 3.8) is 0 Å². The summed E-state index contributed by atoms with van der Waals surface area (Å²) in [6.07, 6.45) is -2.75. The number of nitrogens with two attached hydrogens (primary N) is 1. The molecule has 6 heteroatoms. The fraction of sp³-hybridized carbons (Fsp3) is 0.364. The molecule has 0 spiro atoms. The van der Waals surface area contributed by atoms with Gasteiger partial charge in [0.05, 0.1) is 19.6 Å². The maximum Gasteiger partial charge on any atom is 0.308 e. The maximum absolute atomic E-state index is 11.0.